The summed E-state index contributed by atoms with van der Waals surface area (Å²) in [7, 11) is 0. The molecular weight excluding hydrogens is 200 g/mol. The van der Waals surface area contributed by atoms with Gasteiger partial charge in [0, 0.05) is 11.1 Å². The number of hydrogen-bond donors (Lipinski definition) is 0. The van der Waals surface area contributed by atoms with Gasteiger partial charge in [-0.15, -0.1) is 0 Å². The van der Waals surface area contributed by atoms with Crippen LogP contribution in [0.2, 0.25) is 0 Å². The Hall–Kier alpha value is -1.62. The lowest BCUT2D eigenvalue weighted by Crippen LogP contribution is -2.21. The SMILES string of the molecule is CC1=C[C@@H](O[C@H]2C=C(C)C(=O)O2)OC1=O. The number of carbonyl (C=O) groups is 2. The van der Waals surface area contributed by atoms with Crippen LogP contribution in [0.15, 0.2) is 23.3 Å². The molecule has 0 aromatic carbocycles. The highest BCUT2D eigenvalue weighted by molar-refractivity contribution is 5.90. The molecule has 0 spiro atoms. The van der Waals surface area contributed by atoms with Gasteiger partial charge in [0.15, 0.2) is 0 Å². The van der Waals surface area contributed by atoms with Crippen LogP contribution in [0.5, 0.6) is 0 Å². The van der Waals surface area contributed by atoms with E-state index in [0.29, 0.717) is 11.1 Å². The molecule has 0 radical (unpaired) electrons. The molecule has 0 aliphatic carbocycles. The molecule has 2 heterocycles. The minimum atomic E-state index is -0.766. The number of carbonyl (C=O) groups excluding carboxylic acids is 2. The standard InChI is InChI=1S/C10H10O5/c1-5-3-7(14-9(5)11)13-8-4-6(2)10(12)15-8/h3-4,7-8H,1-2H3/t7-,8+. The molecule has 0 N–H and O–H groups in total. The Morgan fingerprint density at radius 2 is 1.40 bits per heavy atom. The summed E-state index contributed by atoms with van der Waals surface area (Å²) in [5, 5.41) is 0. The molecule has 0 bridgehead atoms. The average Bonchev–Trinajstić information content (AvgIpc) is 2.59. The van der Waals surface area contributed by atoms with Gasteiger partial charge in [0.25, 0.3) is 0 Å². The first-order chi connectivity index (χ1) is 7.06. The van der Waals surface area contributed by atoms with Gasteiger partial charge in [-0.05, 0) is 26.0 Å². The van der Waals surface area contributed by atoms with E-state index in [-0.39, 0.29) is 0 Å². The molecule has 0 amide bonds. The Morgan fingerprint density at radius 3 is 1.67 bits per heavy atom. The van der Waals surface area contributed by atoms with Gasteiger partial charge in [0.05, 0.1) is 0 Å². The molecule has 5 nitrogen and oxygen atoms in total. The van der Waals surface area contributed by atoms with Crippen LogP contribution >= 0.6 is 0 Å². The number of hydrogen-bond acceptors (Lipinski definition) is 5. The second kappa shape index (κ2) is 3.51. The predicted molar refractivity (Wildman–Crippen MR) is 48.4 cm³/mol. The van der Waals surface area contributed by atoms with E-state index >= 15 is 0 Å². The van der Waals surface area contributed by atoms with Gasteiger partial charge < -0.3 is 9.47 Å². The summed E-state index contributed by atoms with van der Waals surface area (Å²) in [4.78, 5) is 22.0. The molecule has 0 saturated carbocycles. The number of ether oxygens (including phenoxy) is 3. The summed E-state index contributed by atoms with van der Waals surface area (Å²) < 4.78 is 14.9. The molecule has 0 aromatic heterocycles. The maximum Gasteiger partial charge on any atom is 0.336 e. The molecule has 2 aliphatic rings. The van der Waals surface area contributed by atoms with Gasteiger partial charge in [-0.2, -0.15) is 0 Å². The van der Waals surface area contributed by atoms with Crippen molar-refractivity contribution in [3.63, 3.8) is 0 Å². The van der Waals surface area contributed by atoms with E-state index in [1.54, 1.807) is 13.8 Å². The summed E-state index contributed by atoms with van der Waals surface area (Å²) in [5.41, 5.74) is 0.982. The van der Waals surface area contributed by atoms with Crippen LogP contribution in [0.4, 0.5) is 0 Å². The zero-order chi connectivity index (χ0) is 11.0. The van der Waals surface area contributed by atoms with E-state index in [4.69, 9.17) is 14.2 Å². The lowest BCUT2D eigenvalue weighted by atomic mass is 10.3. The predicted octanol–water partition coefficient (Wildman–Crippen LogP) is 0.661. The van der Waals surface area contributed by atoms with Gasteiger partial charge >= 0.3 is 11.9 Å². The van der Waals surface area contributed by atoms with Crippen LogP contribution < -0.4 is 0 Å². The van der Waals surface area contributed by atoms with Crippen LogP contribution in [0.25, 0.3) is 0 Å². The zero-order valence-corrected chi connectivity index (χ0v) is 8.35. The fourth-order valence-corrected chi connectivity index (χ4v) is 1.28. The fourth-order valence-electron chi connectivity index (χ4n) is 1.28. The topological polar surface area (TPSA) is 61.8 Å². The zero-order valence-electron chi connectivity index (χ0n) is 8.35. The van der Waals surface area contributed by atoms with Crippen LogP contribution in [0.3, 0.4) is 0 Å². The van der Waals surface area contributed by atoms with E-state index in [9.17, 15) is 9.59 Å². The third-order valence-electron chi connectivity index (χ3n) is 2.13. The summed E-state index contributed by atoms with van der Waals surface area (Å²) in [6.45, 7) is 3.26. The van der Waals surface area contributed by atoms with Crippen LogP contribution in [0.1, 0.15) is 13.8 Å². The van der Waals surface area contributed by atoms with Crippen molar-refractivity contribution in [1.82, 2.24) is 0 Å². The molecule has 80 valence electrons. The number of esters is 2. The van der Waals surface area contributed by atoms with Crippen LogP contribution in [0, 0.1) is 0 Å². The van der Waals surface area contributed by atoms with Crippen molar-refractivity contribution in [2.24, 2.45) is 0 Å². The van der Waals surface area contributed by atoms with Crippen molar-refractivity contribution in [3.05, 3.63) is 23.3 Å². The Labute approximate surface area is 86.3 Å². The maximum atomic E-state index is 11.0. The molecule has 2 aliphatic heterocycles. The summed E-state index contributed by atoms with van der Waals surface area (Å²) in [6.07, 6.45) is 1.55. The second-order valence-electron chi connectivity index (χ2n) is 3.38. The van der Waals surface area contributed by atoms with Crippen LogP contribution in [-0.2, 0) is 23.8 Å². The van der Waals surface area contributed by atoms with Gasteiger partial charge in [0.2, 0.25) is 12.6 Å². The normalized spacial score (nSPS) is 29.7. The first-order valence-corrected chi connectivity index (χ1v) is 4.50. The molecule has 5 heteroatoms. The monoisotopic (exact) mass is 210 g/mol. The van der Waals surface area contributed by atoms with Crippen molar-refractivity contribution in [1.29, 1.82) is 0 Å². The third kappa shape index (κ3) is 1.92. The fraction of sp³-hybridized carbons (Fsp3) is 0.400. The largest absolute Gasteiger partial charge is 0.428 e. The minimum Gasteiger partial charge on any atom is -0.428 e. The Morgan fingerprint density at radius 1 is 1.00 bits per heavy atom. The molecule has 0 fully saturated rings. The van der Waals surface area contributed by atoms with E-state index in [2.05, 4.69) is 0 Å². The van der Waals surface area contributed by atoms with Crippen molar-refractivity contribution < 1.29 is 23.8 Å². The summed E-state index contributed by atoms with van der Waals surface area (Å²) in [5.74, 6) is -0.824. The summed E-state index contributed by atoms with van der Waals surface area (Å²) >= 11 is 0. The Balaban J connectivity index is 1.95. The van der Waals surface area contributed by atoms with E-state index in [1.807, 2.05) is 0 Å². The molecule has 2 rings (SSSR count). The minimum absolute atomic E-state index is 0.412. The van der Waals surface area contributed by atoms with Gasteiger partial charge in [0.1, 0.15) is 0 Å². The highest BCUT2D eigenvalue weighted by Crippen LogP contribution is 2.20. The van der Waals surface area contributed by atoms with Gasteiger partial charge in [-0.3, -0.25) is 4.74 Å². The average molecular weight is 210 g/mol. The smallest absolute Gasteiger partial charge is 0.336 e. The van der Waals surface area contributed by atoms with Crippen molar-refractivity contribution in [3.8, 4) is 0 Å². The highest BCUT2D eigenvalue weighted by Gasteiger charge is 2.29. The molecule has 2 atom stereocenters. The third-order valence-corrected chi connectivity index (χ3v) is 2.13. The quantitative estimate of drug-likeness (QED) is 0.626. The van der Waals surface area contributed by atoms with Gasteiger partial charge in [-0.1, -0.05) is 0 Å². The van der Waals surface area contributed by atoms with E-state index in [1.165, 1.54) is 12.2 Å². The van der Waals surface area contributed by atoms with Crippen molar-refractivity contribution in [2.45, 2.75) is 26.4 Å². The molecule has 15 heavy (non-hydrogen) atoms. The number of rotatable bonds is 2. The highest BCUT2D eigenvalue weighted by atomic mass is 16.8. The van der Waals surface area contributed by atoms with Gasteiger partial charge in [-0.25, -0.2) is 9.59 Å². The first kappa shape index (κ1) is 9.92. The molecule has 0 saturated heterocycles. The second-order valence-corrected chi connectivity index (χ2v) is 3.38. The first-order valence-electron chi connectivity index (χ1n) is 4.50. The lowest BCUT2D eigenvalue weighted by Gasteiger charge is -2.13. The Kier molecular flexibility index (Phi) is 2.32. The van der Waals surface area contributed by atoms with E-state index in [0.717, 1.165) is 0 Å². The maximum absolute atomic E-state index is 11.0. The molecular formula is C10H10O5. The van der Waals surface area contributed by atoms with E-state index < -0.39 is 24.5 Å². The molecule has 0 aromatic rings. The lowest BCUT2D eigenvalue weighted by molar-refractivity contribution is -0.199. The van der Waals surface area contributed by atoms with Crippen LogP contribution in [-0.4, -0.2) is 24.5 Å². The summed E-state index contributed by atoms with van der Waals surface area (Å²) in [6, 6.07) is 0. The van der Waals surface area contributed by atoms with Crippen molar-refractivity contribution >= 4 is 11.9 Å². The number of cyclic esters (lactones) is 2. The van der Waals surface area contributed by atoms with Crippen molar-refractivity contribution in [2.75, 3.05) is 0 Å². The molecule has 0 unspecified atom stereocenters. The Bertz CT molecular complexity index is 343.